The normalized spacial score (nSPS) is 10.1. The Hall–Kier alpha value is -2.69. The third-order valence-corrected chi connectivity index (χ3v) is 3.45. The number of hydrogen-bond acceptors (Lipinski definition) is 4. The average molecular weight is 329 g/mol. The smallest absolute Gasteiger partial charge is 0.251 e. The third-order valence-electron chi connectivity index (χ3n) is 3.45. The lowest BCUT2D eigenvalue weighted by Gasteiger charge is -2.10. The molecule has 0 bridgehead atoms. The van der Waals surface area contributed by atoms with Crippen LogP contribution in [0.4, 0.5) is 0 Å². The second-order valence-corrected chi connectivity index (χ2v) is 5.19. The van der Waals surface area contributed by atoms with Crippen LogP contribution in [-0.4, -0.2) is 32.8 Å². The molecule has 0 saturated heterocycles. The minimum absolute atomic E-state index is 0.125. The zero-order valence-corrected chi connectivity index (χ0v) is 14.3. The molecular formula is C19H23NO4. The Bertz CT molecular complexity index is 668. The van der Waals surface area contributed by atoms with Crippen LogP contribution in [0, 0.1) is 6.92 Å². The van der Waals surface area contributed by atoms with Crippen LogP contribution in [0.3, 0.4) is 0 Å². The summed E-state index contributed by atoms with van der Waals surface area (Å²) in [7, 11) is 1.62. The first-order valence-electron chi connectivity index (χ1n) is 7.92. The molecule has 0 fully saturated rings. The number of hydrogen-bond donors (Lipinski definition) is 1. The maximum absolute atomic E-state index is 12.1. The predicted molar refractivity (Wildman–Crippen MR) is 93.2 cm³/mol. The molecule has 128 valence electrons. The molecule has 0 radical (unpaired) electrons. The molecule has 2 aromatic carbocycles. The van der Waals surface area contributed by atoms with Gasteiger partial charge >= 0.3 is 0 Å². The lowest BCUT2D eigenvalue weighted by Crippen LogP contribution is -2.28. The summed E-state index contributed by atoms with van der Waals surface area (Å²) in [6, 6.07) is 12.7. The Kier molecular flexibility index (Phi) is 6.49. The number of amides is 1. The first-order chi connectivity index (χ1) is 11.6. The van der Waals surface area contributed by atoms with E-state index in [0.717, 1.165) is 22.8 Å². The molecule has 0 saturated carbocycles. The van der Waals surface area contributed by atoms with Gasteiger partial charge in [0, 0.05) is 5.56 Å². The van der Waals surface area contributed by atoms with Crippen LogP contribution in [0.1, 0.15) is 22.8 Å². The molecule has 0 aliphatic rings. The zero-order chi connectivity index (χ0) is 17.4. The maximum Gasteiger partial charge on any atom is 0.251 e. The highest BCUT2D eigenvalue weighted by molar-refractivity contribution is 5.94. The molecule has 1 amide bonds. The molecular weight excluding hydrogens is 306 g/mol. The molecule has 1 N–H and O–H groups in total. The highest BCUT2D eigenvalue weighted by Crippen LogP contribution is 2.19. The van der Waals surface area contributed by atoms with E-state index in [0.29, 0.717) is 25.3 Å². The summed E-state index contributed by atoms with van der Waals surface area (Å²) in [5, 5.41) is 2.84. The van der Waals surface area contributed by atoms with Gasteiger partial charge in [-0.05, 0) is 61.9 Å². The van der Waals surface area contributed by atoms with Gasteiger partial charge in [0.15, 0.2) is 0 Å². The lowest BCUT2D eigenvalue weighted by molar-refractivity contribution is 0.0947. The molecule has 0 heterocycles. The highest BCUT2D eigenvalue weighted by atomic mass is 16.5. The van der Waals surface area contributed by atoms with Gasteiger partial charge in [-0.2, -0.15) is 0 Å². The van der Waals surface area contributed by atoms with Gasteiger partial charge in [0.25, 0.3) is 5.91 Å². The van der Waals surface area contributed by atoms with E-state index in [1.54, 1.807) is 13.2 Å². The van der Waals surface area contributed by atoms with Crippen molar-refractivity contribution in [3.63, 3.8) is 0 Å². The molecule has 0 unspecified atom stereocenters. The fraction of sp³-hybridized carbons (Fsp3) is 0.316. The minimum atomic E-state index is -0.125. The van der Waals surface area contributed by atoms with Crippen molar-refractivity contribution in [2.45, 2.75) is 13.8 Å². The number of carbonyl (C=O) groups excluding carboxylic acids is 1. The molecule has 0 aromatic heterocycles. The molecule has 0 spiro atoms. The average Bonchev–Trinajstić information content (AvgIpc) is 2.61. The Morgan fingerprint density at radius 1 is 1.04 bits per heavy atom. The molecule has 2 rings (SSSR count). The molecule has 0 aliphatic carbocycles. The number of rotatable bonds is 8. The van der Waals surface area contributed by atoms with E-state index >= 15 is 0 Å². The Balaban J connectivity index is 1.79. The number of ether oxygens (including phenoxy) is 3. The molecule has 24 heavy (non-hydrogen) atoms. The van der Waals surface area contributed by atoms with Crippen LogP contribution in [0.25, 0.3) is 0 Å². The topological polar surface area (TPSA) is 56.8 Å². The van der Waals surface area contributed by atoms with Crippen molar-refractivity contribution in [2.24, 2.45) is 0 Å². The van der Waals surface area contributed by atoms with Crippen molar-refractivity contribution in [3.8, 4) is 17.2 Å². The second-order valence-electron chi connectivity index (χ2n) is 5.19. The van der Waals surface area contributed by atoms with Crippen molar-refractivity contribution in [1.29, 1.82) is 0 Å². The number of nitrogens with one attached hydrogen (secondary N) is 1. The first kappa shape index (κ1) is 17.7. The number of aryl methyl sites for hydroxylation is 1. The summed E-state index contributed by atoms with van der Waals surface area (Å²) in [4.78, 5) is 12.1. The summed E-state index contributed by atoms with van der Waals surface area (Å²) in [5.41, 5.74) is 1.55. The fourth-order valence-corrected chi connectivity index (χ4v) is 2.22. The fourth-order valence-electron chi connectivity index (χ4n) is 2.22. The van der Waals surface area contributed by atoms with Crippen molar-refractivity contribution in [1.82, 2.24) is 5.32 Å². The van der Waals surface area contributed by atoms with E-state index < -0.39 is 0 Å². The predicted octanol–water partition coefficient (Wildman–Crippen LogP) is 3.21. The molecule has 0 aliphatic heterocycles. The number of methoxy groups -OCH3 is 1. The third kappa shape index (κ3) is 4.91. The quantitative estimate of drug-likeness (QED) is 0.756. The van der Waals surface area contributed by atoms with E-state index in [9.17, 15) is 4.79 Å². The summed E-state index contributed by atoms with van der Waals surface area (Å²) >= 11 is 0. The van der Waals surface area contributed by atoms with Crippen molar-refractivity contribution < 1.29 is 19.0 Å². The zero-order valence-electron chi connectivity index (χ0n) is 14.3. The second kappa shape index (κ2) is 8.82. The van der Waals surface area contributed by atoms with Crippen molar-refractivity contribution in [3.05, 3.63) is 53.6 Å². The summed E-state index contributed by atoms with van der Waals surface area (Å²) in [6.45, 7) is 5.29. The van der Waals surface area contributed by atoms with Crippen LogP contribution >= 0.6 is 0 Å². The maximum atomic E-state index is 12.1. The van der Waals surface area contributed by atoms with Gasteiger partial charge in [0.2, 0.25) is 0 Å². The van der Waals surface area contributed by atoms with Crippen LogP contribution in [-0.2, 0) is 0 Å². The monoisotopic (exact) mass is 329 g/mol. The van der Waals surface area contributed by atoms with E-state index in [4.69, 9.17) is 14.2 Å². The standard InChI is InChI=1S/C19H23NO4/c1-4-23-18-10-5-15(13-14(18)2)19(21)20-11-12-24-17-8-6-16(22-3)7-9-17/h5-10,13H,4,11-12H2,1-3H3,(H,20,21). The highest BCUT2D eigenvalue weighted by Gasteiger charge is 2.08. The first-order valence-corrected chi connectivity index (χ1v) is 7.92. The van der Waals surface area contributed by atoms with Gasteiger partial charge in [0.05, 0.1) is 20.3 Å². The van der Waals surface area contributed by atoms with Gasteiger partial charge < -0.3 is 19.5 Å². The van der Waals surface area contributed by atoms with E-state index in [1.165, 1.54) is 0 Å². The SMILES string of the molecule is CCOc1ccc(C(=O)NCCOc2ccc(OC)cc2)cc1C. The molecule has 5 heteroatoms. The van der Waals surface area contributed by atoms with E-state index in [1.807, 2.05) is 50.2 Å². The summed E-state index contributed by atoms with van der Waals surface area (Å²) < 4.78 is 16.1. The number of benzene rings is 2. The lowest BCUT2D eigenvalue weighted by atomic mass is 10.1. The van der Waals surface area contributed by atoms with E-state index in [2.05, 4.69) is 5.32 Å². The van der Waals surface area contributed by atoms with E-state index in [-0.39, 0.29) is 5.91 Å². The van der Waals surface area contributed by atoms with Gasteiger partial charge in [-0.3, -0.25) is 4.79 Å². The Morgan fingerprint density at radius 2 is 1.75 bits per heavy atom. The number of carbonyl (C=O) groups is 1. The van der Waals surface area contributed by atoms with Gasteiger partial charge in [-0.15, -0.1) is 0 Å². The molecule has 2 aromatic rings. The van der Waals surface area contributed by atoms with Gasteiger partial charge in [0.1, 0.15) is 23.9 Å². The molecule has 0 atom stereocenters. The molecule has 5 nitrogen and oxygen atoms in total. The summed E-state index contributed by atoms with van der Waals surface area (Å²) in [6.07, 6.45) is 0. The largest absolute Gasteiger partial charge is 0.497 e. The van der Waals surface area contributed by atoms with Crippen LogP contribution < -0.4 is 19.5 Å². The summed E-state index contributed by atoms with van der Waals surface area (Å²) in [5.74, 6) is 2.19. The van der Waals surface area contributed by atoms with Gasteiger partial charge in [-0.1, -0.05) is 0 Å². The van der Waals surface area contributed by atoms with Crippen LogP contribution in [0.5, 0.6) is 17.2 Å². The van der Waals surface area contributed by atoms with Crippen molar-refractivity contribution >= 4 is 5.91 Å². The van der Waals surface area contributed by atoms with Gasteiger partial charge in [-0.25, -0.2) is 0 Å². The van der Waals surface area contributed by atoms with Crippen LogP contribution in [0.2, 0.25) is 0 Å². The van der Waals surface area contributed by atoms with Crippen LogP contribution in [0.15, 0.2) is 42.5 Å². The van der Waals surface area contributed by atoms with Crippen molar-refractivity contribution in [2.75, 3.05) is 26.9 Å². The Labute approximate surface area is 142 Å². The Morgan fingerprint density at radius 3 is 2.38 bits per heavy atom. The minimum Gasteiger partial charge on any atom is -0.497 e.